The Morgan fingerprint density at radius 3 is 2.71 bits per heavy atom. The lowest BCUT2D eigenvalue weighted by Crippen LogP contribution is -2.43. The summed E-state index contributed by atoms with van der Waals surface area (Å²) >= 11 is 1.48. The topological polar surface area (TPSA) is 80.9 Å². The highest BCUT2D eigenvalue weighted by molar-refractivity contribution is 7.22. The third-order valence-electron chi connectivity index (χ3n) is 6.11. The van der Waals surface area contributed by atoms with E-state index in [1.165, 1.54) is 50.1 Å². The SMILES string of the molecule is Cc1[nH]ncc1-c1cc2nc(CN3CCC(N4CCCC4)CC3)[nH]c(=O)c2s1. The van der Waals surface area contributed by atoms with Gasteiger partial charge in [0.05, 0.1) is 18.3 Å². The van der Waals surface area contributed by atoms with Crippen LogP contribution in [-0.4, -0.2) is 62.2 Å². The summed E-state index contributed by atoms with van der Waals surface area (Å²) in [5.74, 6) is 0.769. The van der Waals surface area contributed by atoms with Crippen molar-refractivity contribution in [3.05, 3.63) is 34.1 Å². The summed E-state index contributed by atoms with van der Waals surface area (Å²) in [5, 5.41) is 7.04. The van der Waals surface area contributed by atoms with E-state index in [2.05, 4.69) is 25.0 Å². The first-order valence-electron chi connectivity index (χ1n) is 10.2. The summed E-state index contributed by atoms with van der Waals surface area (Å²) in [6.45, 7) is 7.40. The first kappa shape index (κ1) is 18.0. The van der Waals surface area contributed by atoms with Gasteiger partial charge in [-0.05, 0) is 51.8 Å². The number of H-pyrrole nitrogens is 2. The number of nitrogens with one attached hydrogen (secondary N) is 2. The number of hydrogen-bond donors (Lipinski definition) is 2. The van der Waals surface area contributed by atoms with Crippen LogP contribution in [0.15, 0.2) is 17.1 Å². The van der Waals surface area contributed by atoms with Gasteiger partial charge in [0.25, 0.3) is 5.56 Å². The van der Waals surface area contributed by atoms with Crippen molar-refractivity contribution in [1.29, 1.82) is 0 Å². The van der Waals surface area contributed by atoms with Gasteiger partial charge in [-0.15, -0.1) is 11.3 Å². The molecule has 0 aromatic carbocycles. The first-order valence-corrected chi connectivity index (χ1v) is 11.0. The minimum absolute atomic E-state index is 0.0376. The molecule has 0 amide bonds. The molecule has 148 valence electrons. The number of nitrogens with zero attached hydrogens (tertiary/aromatic N) is 4. The van der Waals surface area contributed by atoms with Crippen LogP contribution in [0.4, 0.5) is 0 Å². The van der Waals surface area contributed by atoms with Gasteiger partial charge in [-0.25, -0.2) is 4.98 Å². The van der Waals surface area contributed by atoms with Crippen LogP contribution in [0.2, 0.25) is 0 Å². The van der Waals surface area contributed by atoms with Crippen LogP contribution >= 0.6 is 11.3 Å². The van der Waals surface area contributed by atoms with Crippen molar-refractivity contribution in [2.75, 3.05) is 26.2 Å². The van der Waals surface area contributed by atoms with Gasteiger partial charge in [0, 0.05) is 35.3 Å². The summed E-state index contributed by atoms with van der Waals surface area (Å²) in [4.78, 5) is 26.5. The van der Waals surface area contributed by atoms with Gasteiger partial charge in [-0.2, -0.15) is 5.10 Å². The molecule has 2 aliphatic rings. The van der Waals surface area contributed by atoms with E-state index in [1.54, 1.807) is 6.20 Å². The first-order chi connectivity index (χ1) is 13.7. The zero-order chi connectivity index (χ0) is 19.1. The second-order valence-corrected chi connectivity index (χ2v) is 9.05. The molecule has 3 aromatic heterocycles. The summed E-state index contributed by atoms with van der Waals surface area (Å²) < 4.78 is 0.687. The number of hydrogen-bond acceptors (Lipinski definition) is 6. The lowest BCUT2D eigenvalue weighted by Gasteiger charge is -2.36. The summed E-state index contributed by atoms with van der Waals surface area (Å²) in [6, 6.07) is 2.75. The van der Waals surface area contributed by atoms with E-state index < -0.39 is 0 Å². The molecular formula is C20H26N6OS. The van der Waals surface area contributed by atoms with E-state index in [0.717, 1.165) is 46.6 Å². The van der Waals surface area contributed by atoms with Gasteiger partial charge >= 0.3 is 0 Å². The minimum atomic E-state index is -0.0376. The van der Waals surface area contributed by atoms with Gasteiger partial charge in [0.15, 0.2) is 0 Å². The maximum atomic E-state index is 12.6. The number of likely N-dealkylation sites (tertiary alicyclic amines) is 2. The highest BCUT2D eigenvalue weighted by atomic mass is 32.1. The summed E-state index contributed by atoms with van der Waals surface area (Å²) in [5.41, 5.74) is 2.78. The molecule has 2 saturated heterocycles. The molecule has 0 aliphatic carbocycles. The van der Waals surface area contributed by atoms with Gasteiger partial charge in [-0.3, -0.25) is 14.8 Å². The standard InChI is InChI=1S/C20H26N6OS/c1-13-15(11-21-24-13)17-10-16-19(28-17)20(27)23-18(22-16)12-25-8-4-14(5-9-25)26-6-2-3-7-26/h10-11,14H,2-9,12H2,1H3,(H,21,24)(H,22,23,27). The second kappa shape index (κ2) is 7.42. The van der Waals surface area contributed by atoms with Crippen molar-refractivity contribution in [3.8, 4) is 10.4 Å². The number of thiophene rings is 1. The summed E-state index contributed by atoms with van der Waals surface area (Å²) in [7, 11) is 0. The molecule has 0 bridgehead atoms. The van der Waals surface area contributed by atoms with Crippen molar-refractivity contribution in [1.82, 2.24) is 30.0 Å². The van der Waals surface area contributed by atoms with Crippen molar-refractivity contribution in [2.24, 2.45) is 0 Å². The Balaban J connectivity index is 1.31. The Bertz CT molecular complexity index is 1020. The lowest BCUT2D eigenvalue weighted by molar-refractivity contribution is 0.121. The van der Waals surface area contributed by atoms with E-state index in [-0.39, 0.29) is 5.56 Å². The van der Waals surface area contributed by atoms with Crippen LogP contribution in [0.5, 0.6) is 0 Å². The number of fused-ring (bicyclic) bond motifs is 1. The fourth-order valence-electron chi connectivity index (χ4n) is 4.56. The van der Waals surface area contributed by atoms with Crippen molar-refractivity contribution >= 4 is 21.6 Å². The molecule has 2 N–H and O–H groups in total. The van der Waals surface area contributed by atoms with Gasteiger partial charge < -0.3 is 9.88 Å². The van der Waals surface area contributed by atoms with Gasteiger partial charge in [-0.1, -0.05) is 0 Å². The number of aromatic amines is 2. The van der Waals surface area contributed by atoms with Crippen LogP contribution in [0.3, 0.4) is 0 Å². The Morgan fingerprint density at radius 2 is 2.00 bits per heavy atom. The monoisotopic (exact) mass is 398 g/mol. The predicted octanol–water partition coefficient (Wildman–Crippen LogP) is 2.74. The zero-order valence-electron chi connectivity index (χ0n) is 16.2. The van der Waals surface area contributed by atoms with Crippen LogP contribution < -0.4 is 5.56 Å². The fourth-order valence-corrected chi connectivity index (χ4v) is 5.62. The number of aromatic nitrogens is 4. The van der Waals surface area contributed by atoms with Crippen LogP contribution in [0.1, 0.15) is 37.2 Å². The molecule has 0 spiro atoms. The highest BCUT2D eigenvalue weighted by Crippen LogP contribution is 2.32. The number of rotatable bonds is 4. The minimum Gasteiger partial charge on any atom is -0.308 e. The van der Waals surface area contributed by atoms with Gasteiger partial charge in [0.1, 0.15) is 10.5 Å². The number of aryl methyl sites for hydroxylation is 1. The molecule has 2 fully saturated rings. The normalized spacial score (nSPS) is 19.8. The Kier molecular flexibility index (Phi) is 4.78. The Labute approximate surface area is 167 Å². The molecule has 0 radical (unpaired) electrons. The molecule has 7 nitrogen and oxygen atoms in total. The number of piperidine rings is 1. The van der Waals surface area contributed by atoms with Crippen LogP contribution in [0.25, 0.3) is 20.7 Å². The molecule has 0 saturated carbocycles. The smallest absolute Gasteiger partial charge is 0.268 e. The molecule has 8 heteroatoms. The maximum Gasteiger partial charge on any atom is 0.268 e. The molecule has 5 heterocycles. The molecule has 0 unspecified atom stereocenters. The zero-order valence-corrected chi connectivity index (χ0v) is 17.0. The van der Waals surface area contributed by atoms with E-state index in [0.29, 0.717) is 11.2 Å². The van der Waals surface area contributed by atoms with Crippen molar-refractivity contribution in [3.63, 3.8) is 0 Å². The van der Waals surface area contributed by atoms with E-state index in [4.69, 9.17) is 4.98 Å². The third kappa shape index (κ3) is 3.40. The fraction of sp³-hybridized carbons (Fsp3) is 0.550. The van der Waals surface area contributed by atoms with E-state index in [1.807, 2.05) is 13.0 Å². The van der Waals surface area contributed by atoms with Crippen LogP contribution in [-0.2, 0) is 6.54 Å². The Morgan fingerprint density at radius 1 is 1.21 bits per heavy atom. The molecule has 5 rings (SSSR count). The Hall–Kier alpha value is -2.03. The van der Waals surface area contributed by atoms with E-state index in [9.17, 15) is 4.79 Å². The predicted molar refractivity (Wildman–Crippen MR) is 112 cm³/mol. The average Bonchev–Trinajstić information content (AvgIpc) is 3.42. The maximum absolute atomic E-state index is 12.6. The summed E-state index contributed by atoms with van der Waals surface area (Å²) in [6.07, 6.45) is 6.95. The van der Waals surface area contributed by atoms with Crippen LogP contribution in [0, 0.1) is 6.92 Å². The molecule has 0 atom stereocenters. The quantitative estimate of drug-likeness (QED) is 0.706. The average molecular weight is 399 g/mol. The molecule has 3 aromatic rings. The van der Waals surface area contributed by atoms with Crippen molar-refractivity contribution < 1.29 is 0 Å². The van der Waals surface area contributed by atoms with Gasteiger partial charge in [0.2, 0.25) is 0 Å². The van der Waals surface area contributed by atoms with Crippen molar-refractivity contribution in [2.45, 2.75) is 45.2 Å². The molecular weight excluding hydrogens is 372 g/mol. The highest BCUT2D eigenvalue weighted by Gasteiger charge is 2.26. The lowest BCUT2D eigenvalue weighted by atomic mass is 10.0. The largest absolute Gasteiger partial charge is 0.308 e. The third-order valence-corrected chi connectivity index (χ3v) is 7.27. The molecule has 2 aliphatic heterocycles. The molecule has 28 heavy (non-hydrogen) atoms. The second-order valence-electron chi connectivity index (χ2n) is 8.00. The van der Waals surface area contributed by atoms with E-state index >= 15 is 0 Å².